The van der Waals surface area contributed by atoms with Gasteiger partial charge in [-0.15, -0.1) is 0 Å². The SMILES string of the molecule is CCc1cc(C(C)=O)ccc1I. The van der Waals surface area contributed by atoms with Crippen molar-refractivity contribution in [3.63, 3.8) is 0 Å². The first-order valence-electron chi connectivity index (χ1n) is 3.94. The van der Waals surface area contributed by atoms with Gasteiger partial charge in [0.15, 0.2) is 5.78 Å². The highest BCUT2D eigenvalue weighted by Crippen LogP contribution is 2.15. The molecule has 0 bridgehead atoms. The van der Waals surface area contributed by atoms with E-state index in [2.05, 4.69) is 29.5 Å². The quantitative estimate of drug-likeness (QED) is 0.598. The summed E-state index contributed by atoms with van der Waals surface area (Å²) < 4.78 is 1.24. The molecule has 12 heavy (non-hydrogen) atoms. The Morgan fingerprint density at radius 3 is 2.67 bits per heavy atom. The minimum Gasteiger partial charge on any atom is -0.295 e. The first-order valence-corrected chi connectivity index (χ1v) is 5.02. The number of rotatable bonds is 2. The number of benzene rings is 1. The topological polar surface area (TPSA) is 17.1 Å². The molecule has 0 radical (unpaired) electrons. The molecule has 1 rings (SSSR count). The lowest BCUT2D eigenvalue weighted by atomic mass is 10.1. The Hall–Kier alpha value is -0.380. The number of Topliss-reactive ketones (excluding diaryl/α,β-unsaturated/α-hetero) is 1. The number of ketones is 1. The van der Waals surface area contributed by atoms with Crippen LogP contribution in [0.1, 0.15) is 29.8 Å². The molecule has 0 heterocycles. The zero-order valence-corrected chi connectivity index (χ0v) is 9.38. The van der Waals surface area contributed by atoms with Crippen LogP contribution in [-0.2, 0) is 6.42 Å². The van der Waals surface area contributed by atoms with Crippen molar-refractivity contribution in [3.8, 4) is 0 Å². The highest BCUT2D eigenvalue weighted by atomic mass is 127. The summed E-state index contributed by atoms with van der Waals surface area (Å²) >= 11 is 2.29. The van der Waals surface area contributed by atoms with E-state index in [1.54, 1.807) is 6.92 Å². The van der Waals surface area contributed by atoms with E-state index >= 15 is 0 Å². The van der Waals surface area contributed by atoms with E-state index in [4.69, 9.17) is 0 Å². The standard InChI is InChI=1S/C10H11IO/c1-3-8-6-9(7(2)12)4-5-10(8)11/h4-6H,3H2,1-2H3. The summed E-state index contributed by atoms with van der Waals surface area (Å²) in [7, 11) is 0. The lowest BCUT2D eigenvalue weighted by Crippen LogP contribution is -1.95. The highest BCUT2D eigenvalue weighted by molar-refractivity contribution is 14.1. The molecule has 1 nitrogen and oxygen atoms in total. The monoisotopic (exact) mass is 274 g/mol. The fourth-order valence-corrected chi connectivity index (χ4v) is 1.78. The lowest BCUT2D eigenvalue weighted by Gasteiger charge is -2.02. The predicted octanol–water partition coefficient (Wildman–Crippen LogP) is 3.06. The molecule has 0 atom stereocenters. The molecular weight excluding hydrogens is 263 g/mol. The molecule has 0 aliphatic rings. The minimum absolute atomic E-state index is 0.140. The first-order chi connectivity index (χ1) is 5.65. The molecule has 1 aromatic carbocycles. The van der Waals surface area contributed by atoms with Gasteiger partial charge >= 0.3 is 0 Å². The van der Waals surface area contributed by atoms with Crippen molar-refractivity contribution < 1.29 is 4.79 Å². The van der Waals surface area contributed by atoms with Gasteiger partial charge in [0, 0.05) is 9.13 Å². The largest absolute Gasteiger partial charge is 0.295 e. The molecule has 0 aromatic heterocycles. The van der Waals surface area contributed by atoms with E-state index in [0.717, 1.165) is 12.0 Å². The molecule has 0 saturated heterocycles. The number of halogens is 1. The molecule has 2 heteroatoms. The molecule has 0 aliphatic carbocycles. The van der Waals surface area contributed by atoms with Crippen LogP contribution >= 0.6 is 22.6 Å². The van der Waals surface area contributed by atoms with Crippen molar-refractivity contribution in [2.75, 3.05) is 0 Å². The van der Waals surface area contributed by atoms with Gasteiger partial charge in [-0.1, -0.05) is 13.0 Å². The summed E-state index contributed by atoms with van der Waals surface area (Å²) in [5.41, 5.74) is 2.07. The molecule has 0 unspecified atom stereocenters. The first kappa shape index (κ1) is 9.71. The van der Waals surface area contributed by atoms with Crippen molar-refractivity contribution in [3.05, 3.63) is 32.9 Å². The van der Waals surface area contributed by atoms with Gasteiger partial charge in [0.1, 0.15) is 0 Å². The predicted molar refractivity (Wildman–Crippen MR) is 58.5 cm³/mol. The molecule has 1 aromatic rings. The molecular formula is C10H11IO. The number of hydrogen-bond donors (Lipinski definition) is 0. The third-order valence-electron chi connectivity index (χ3n) is 1.83. The second-order valence-corrected chi connectivity index (χ2v) is 3.88. The van der Waals surface area contributed by atoms with Crippen LogP contribution in [0.15, 0.2) is 18.2 Å². The second-order valence-electron chi connectivity index (χ2n) is 2.72. The summed E-state index contributed by atoms with van der Waals surface area (Å²) in [4.78, 5) is 11.0. The molecule has 0 fully saturated rings. The van der Waals surface area contributed by atoms with E-state index in [1.807, 2.05) is 18.2 Å². The molecule has 0 amide bonds. The van der Waals surface area contributed by atoms with Crippen LogP contribution in [0.2, 0.25) is 0 Å². The average Bonchev–Trinajstić information content (AvgIpc) is 2.05. The number of carbonyl (C=O) groups is 1. The van der Waals surface area contributed by atoms with Gasteiger partial charge in [-0.25, -0.2) is 0 Å². The number of carbonyl (C=O) groups excluding carboxylic acids is 1. The molecule has 0 N–H and O–H groups in total. The molecule has 64 valence electrons. The van der Waals surface area contributed by atoms with Crippen molar-refractivity contribution in [2.45, 2.75) is 20.3 Å². The van der Waals surface area contributed by atoms with Gasteiger partial charge in [-0.05, 0) is 53.6 Å². The smallest absolute Gasteiger partial charge is 0.159 e. The average molecular weight is 274 g/mol. The van der Waals surface area contributed by atoms with E-state index in [1.165, 1.54) is 9.13 Å². The molecule has 0 aliphatic heterocycles. The summed E-state index contributed by atoms with van der Waals surface area (Å²) in [6.45, 7) is 3.70. The van der Waals surface area contributed by atoms with E-state index in [-0.39, 0.29) is 5.78 Å². The van der Waals surface area contributed by atoms with Gasteiger partial charge in [-0.2, -0.15) is 0 Å². The van der Waals surface area contributed by atoms with Crippen molar-refractivity contribution >= 4 is 28.4 Å². The number of aryl methyl sites for hydroxylation is 1. The zero-order valence-electron chi connectivity index (χ0n) is 7.23. The van der Waals surface area contributed by atoms with Gasteiger partial charge < -0.3 is 0 Å². The van der Waals surface area contributed by atoms with E-state index in [9.17, 15) is 4.79 Å². The van der Waals surface area contributed by atoms with Gasteiger partial charge in [0.25, 0.3) is 0 Å². The fourth-order valence-electron chi connectivity index (χ4n) is 1.06. The lowest BCUT2D eigenvalue weighted by molar-refractivity contribution is 0.101. The third kappa shape index (κ3) is 2.06. The van der Waals surface area contributed by atoms with Crippen LogP contribution in [-0.4, -0.2) is 5.78 Å². The summed E-state index contributed by atoms with van der Waals surface area (Å²) in [6.07, 6.45) is 0.986. The van der Waals surface area contributed by atoms with Crippen LogP contribution in [0.5, 0.6) is 0 Å². The Kier molecular flexibility index (Phi) is 3.26. The summed E-state index contributed by atoms with van der Waals surface area (Å²) in [5.74, 6) is 0.140. The van der Waals surface area contributed by atoms with Crippen molar-refractivity contribution in [1.29, 1.82) is 0 Å². The van der Waals surface area contributed by atoms with Crippen molar-refractivity contribution in [2.24, 2.45) is 0 Å². The van der Waals surface area contributed by atoms with Crippen molar-refractivity contribution in [1.82, 2.24) is 0 Å². The van der Waals surface area contributed by atoms with Crippen LogP contribution in [0.3, 0.4) is 0 Å². The van der Waals surface area contributed by atoms with E-state index < -0.39 is 0 Å². The van der Waals surface area contributed by atoms with Crippen LogP contribution < -0.4 is 0 Å². The maximum absolute atomic E-state index is 11.0. The Bertz CT molecular complexity index is 305. The maximum atomic E-state index is 11.0. The summed E-state index contributed by atoms with van der Waals surface area (Å²) in [5, 5.41) is 0. The minimum atomic E-state index is 0.140. The van der Waals surface area contributed by atoms with Crippen LogP contribution in [0.25, 0.3) is 0 Å². The Morgan fingerprint density at radius 1 is 1.50 bits per heavy atom. The van der Waals surface area contributed by atoms with Gasteiger partial charge in [-0.3, -0.25) is 4.79 Å². The van der Waals surface area contributed by atoms with Crippen LogP contribution in [0.4, 0.5) is 0 Å². The molecule has 0 saturated carbocycles. The summed E-state index contributed by atoms with van der Waals surface area (Å²) in [6, 6.07) is 5.85. The zero-order chi connectivity index (χ0) is 9.14. The fraction of sp³-hybridized carbons (Fsp3) is 0.300. The number of hydrogen-bond acceptors (Lipinski definition) is 1. The maximum Gasteiger partial charge on any atom is 0.159 e. The van der Waals surface area contributed by atoms with Gasteiger partial charge in [0.05, 0.1) is 0 Å². The normalized spacial score (nSPS) is 9.92. The highest BCUT2D eigenvalue weighted by Gasteiger charge is 2.02. The third-order valence-corrected chi connectivity index (χ3v) is 2.89. The Labute approximate surface area is 86.3 Å². The Morgan fingerprint density at radius 2 is 2.17 bits per heavy atom. The van der Waals surface area contributed by atoms with Gasteiger partial charge in [0.2, 0.25) is 0 Å². The van der Waals surface area contributed by atoms with Crippen LogP contribution in [0, 0.1) is 3.57 Å². The Balaban J connectivity index is 3.13. The second kappa shape index (κ2) is 4.03. The van der Waals surface area contributed by atoms with E-state index in [0.29, 0.717) is 0 Å². The molecule has 0 spiro atoms.